The van der Waals surface area contributed by atoms with Crippen molar-refractivity contribution in [1.82, 2.24) is 10.3 Å². The summed E-state index contributed by atoms with van der Waals surface area (Å²) in [5.41, 5.74) is 9.44. The molecule has 0 aliphatic rings. The molecule has 0 aliphatic heterocycles. The van der Waals surface area contributed by atoms with Crippen LogP contribution in [-0.2, 0) is 0 Å². The minimum atomic E-state index is -0.496. The Hall–Kier alpha value is -3.32. The van der Waals surface area contributed by atoms with Crippen LogP contribution in [0.1, 0.15) is 27.5 Å². The first-order chi connectivity index (χ1) is 14.0. The number of rotatable bonds is 8. The molecule has 0 aliphatic carbocycles. The lowest BCUT2D eigenvalue weighted by atomic mass is 10.0. The third kappa shape index (κ3) is 4.09. The maximum Gasteiger partial charge on any atom is 0.250 e. The van der Waals surface area contributed by atoms with Crippen LogP contribution in [0.15, 0.2) is 42.6 Å². The van der Waals surface area contributed by atoms with Crippen molar-refractivity contribution in [2.45, 2.75) is 13.0 Å². The number of anilines is 1. The number of benzene rings is 2. The second-order valence-electron chi connectivity index (χ2n) is 6.75. The number of nitrogens with one attached hydrogen (secondary N) is 2. The summed E-state index contributed by atoms with van der Waals surface area (Å²) in [7, 11) is 5.13. The Morgan fingerprint density at radius 2 is 1.93 bits per heavy atom. The standard InChI is InChI=1S/C22H26N4O3/c1-13-11-25-21-15(6-5-7-16(21)22(23)27)20(13)26-17(12-24-2)14-8-9-18(28-3)19(10-14)29-4/h5-11,17,24H,12H2,1-4H3,(H2,23,27)(H,25,26)/t17-/m1/s1. The monoisotopic (exact) mass is 394 g/mol. The number of amides is 1. The molecule has 0 spiro atoms. The molecule has 29 heavy (non-hydrogen) atoms. The number of ether oxygens (including phenoxy) is 2. The Kier molecular flexibility index (Phi) is 6.19. The molecular formula is C22H26N4O3. The summed E-state index contributed by atoms with van der Waals surface area (Å²) in [6.07, 6.45) is 1.75. The van der Waals surface area contributed by atoms with Gasteiger partial charge < -0.3 is 25.8 Å². The minimum Gasteiger partial charge on any atom is -0.493 e. The van der Waals surface area contributed by atoms with Crippen molar-refractivity contribution in [2.75, 3.05) is 33.1 Å². The van der Waals surface area contributed by atoms with Gasteiger partial charge in [0.05, 0.1) is 31.3 Å². The van der Waals surface area contributed by atoms with Crippen LogP contribution in [0.3, 0.4) is 0 Å². The molecule has 3 aromatic rings. The molecule has 1 aromatic heterocycles. The summed E-state index contributed by atoms with van der Waals surface area (Å²) in [6.45, 7) is 2.66. The fourth-order valence-electron chi connectivity index (χ4n) is 3.41. The number of pyridine rings is 1. The number of nitrogens with zero attached hydrogens (tertiary/aromatic N) is 1. The third-order valence-corrected chi connectivity index (χ3v) is 4.89. The van der Waals surface area contributed by atoms with E-state index in [1.54, 1.807) is 26.5 Å². The first kappa shape index (κ1) is 20.4. The number of carbonyl (C=O) groups excluding carboxylic acids is 1. The molecule has 0 radical (unpaired) electrons. The largest absolute Gasteiger partial charge is 0.493 e. The highest BCUT2D eigenvalue weighted by molar-refractivity contribution is 6.08. The van der Waals surface area contributed by atoms with Gasteiger partial charge in [-0.2, -0.15) is 0 Å². The lowest BCUT2D eigenvalue weighted by Gasteiger charge is -2.23. The zero-order valence-corrected chi connectivity index (χ0v) is 17.1. The van der Waals surface area contributed by atoms with E-state index >= 15 is 0 Å². The van der Waals surface area contributed by atoms with Crippen LogP contribution in [0.5, 0.6) is 11.5 Å². The Bertz CT molecular complexity index is 1040. The molecule has 0 bridgehead atoms. The highest BCUT2D eigenvalue weighted by Crippen LogP contribution is 2.34. The summed E-state index contributed by atoms with van der Waals surface area (Å²) in [5, 5.41) is 7.69. The number of aromatic nitrogens is 1. The van der Waals surface area contributed by atoms with Gasteiger partial charge in [0.2, 0.25) is 0 Å². The maximum absolute atomic E-state index is 11.8. The highest BCUT2D eigenvalue weighted by atomic mass is 16.5. The molecule has 0 saturated heterocycles. The van der Waals surface area contributed by atoms with Crippen LogP contribution in [0.4, 0.5) is 5.69 Å². The van der Waals surface area contributed by atoms with E-state index in [0.717, 1.165) is 22.2 Å². The average molecular weight is 394 g/mol. The Balaban J connectivity index is 2.08. The molecule has 0 unspecified atom stereocenters. The summed E-state index contributed by atoms with van der Waals surface area (Å²) in [6, 6.07) is 11.2. The van der Waals surface area contributed by atoms with Crippen molar-refractivity contribution in [3.8, 4) is 11.5 Å². The molecule has 1 atom stereocenters. The second-order valence-corrected chi connectivity index (χ2v) is 6.75. The van der Waals surface area contributed by atoms with Gasteiger partial charge in [-0.1, -0.05) is 18.2 Å². The fraction of sp³-hybridized carbons (Fsp3) is 0.273. The SMILES string of the molecule is CNC[C@@H](Nc1c(C)cnc2c(C(N)=O)cccc12)c1ccc(OC)c(OC)c1. The smallest absolute Gasteiger partial charge is 0.250 e. The van der Waals surface area contributed by atoms with E-state index in [4.69, 9.17) is 15.2 Å². The predicted octanol–water partition coefficient (Wildman–Crippen LogP) is 3.03. The molecule has 1 heterocycles. The number of nitrogens with two attached hydrogens (primary N) is 1. The number of fused-ring (bicyclic) bond motifs is 1. The number of likely N-dealkylation sites (N-methyl/N-ethyl adjacent to an activating group) is 1. The minimum absolute atomic E-state index is 0.0543. The third-order valence-electron chi connectivity index (χ3n) is 4.89. The van der Waals surface area contributed by atoms with Crippen LogP contribution in [0, 0.1) is 6.92 Å². The van der Waals surface area contributed by atoms with Gasteiger partial charge in [0.25, 0.3) is 5.91 Å². The molecule has 0 saturated carbocycles. The van der Waals surface area contributed by atoms with Crippen molar-refractivity contribution in [1.29, 1.82) is 0 Å². The summed E-state index contributed by atoms with van der Waals surface area (Å²) < 4.78 is 10.8. The number of hydrogen-bond donors (Lipinski definition) is 3. The Morgan fingerprint density at radius 3 is 2.59 bits per heavy atom. The Labute approximate surface area is 170 Å². The number of aryl methyl sites for hydroxylation is 1. The van der Waals surface area contributed by atoms with Crippen molar-refractivity contribution in [2.24, 2.45) is 5.73 Å². The number of methoxy groups -OCH3 is 2. The fourth-order valence-corrected chi connectivity index (χ4v) is 3.41. The van der Waals surface area contributed by atoms with Gasteiger partial charge in [0.15, 0.2) is 11.5 Å². The van der Waals surface area contributed by atoms with Crippen molar-refractivity contribution < 1.29 is 14.3 Å². The van der Waals surface area contributed by atoms with Crippen LogP contribution < -0.4 is 25.8 Å². The van der Waals surface area contributed by atoms with Gasteiger partial charge >= 0.3 is 0 Å². The van der Waals surface area contributed by atoms with Crippen molar-refractivity contribution in [3.05, 3.63) is 59.3 Å². The topological polar surface area (TPSA) is 98.5 Å². The second kappa shape index (κ2) is 8.79. The molecule has 2 aromatic carbocycles. The van der Waals surface area contributed by atoms with Gasteiger partial charge in [0.1, 0.15) is 0 Å². The van der Waals surface area contributed by atoms with E-state index < -0.39 is 5.91 Å². The number of hydrogen-bond acceptors (Lipinski definition) is 6. The van der Waals surface area contributed by atoms with E-state index in [1.165, 1.54) is 0 Å². The zero-order valence-electron chi connectivity index (χ0n) is 17.1. The van der Waals surface area contributed by atoms with Crippen LogP contribution in [0.2, 0.25) is 0 Å². The summed E-state index contributed by atoms with van der Waals surface area (Å²) in [5.74, 6) is 0.848. The van der Waals surface area contributed by atoms with Gasteiger partial charge in [-0.25, -0.2) is 0 Å². The molecule has 0 fully saturated rings. The predicted molar refractivity (Wildman–Crippen MR) is 115 cm³/mol. The van der Waals surface area contributed by atoms with Crippen molar-refractivity contribution >= 4 is 22.5 Å². The number of para-hydroxylation sites is 1. The molecule has 1 amide bonds. The van der Waals surface area contributed by atoms with E-state index in [0.29, 0.717) is 29.1 Å². The highest BCUT2D eigenvalue weighted by Gasteiger charge is 2.18. The van der Waals surface area contributed by atoms with Gasteiger partial charge in [-0.3, -0.25) is 9.78 Å². The summed E-state index contributed by atoms with van der Waals surface area (Å²) >= 11 is 0. The van der Waals surface area contributed by atoms with Crippen LogP contribution >= 0.6 is 0 Å². The van der Waals surface area contributed by atoms with E-state index in [-0.39, 0.29) is 6.04 Å². The maximum atomic E-state index is 11.8. The van der Waals surface area contributed by atoms with E-state index in [2.05, 4.69) is 15.6 Å². The zero-order chi connectivity index (χ0) is 21.0. The molecule has 4 N–H and O–H groups in total. The lowest BCUT2D eigenvalue weighted by Crippen LogP contribution is -2.24. The average Bonchev–Trinajstić information content (AvgIpc) is 2.73. The van der Waals surface area contributed by atoms with Crippen LogP contribution in [0.25, 0.3) is 10.9 Å². The number of carbonyl (C=O) groups is 1. The van der Waals surface area contributed by atoms with Gasteiger partial charge in [0, 0.05) is 23.8 Å². The van der Waals surface area contributed by atoms with Gasteiger partial charge in [-0.15, -0.1) is 0 Å². The molecule has 152 valence electrons. The quantitative estimate of drug-likeness (QED) is 0.543. The first-order valence-corrected chi connectivity index (χ1v) is 9.31. The normalized spacial score (nSPS) is 11.9. The Morgan fingerprint density at radius 1 is 1.17 bits per heavy atom. The van der Waals surface area contributed by atoms with Crippen LogP contribution in [-0.4, -0.2) is 38.7 Å². The van der Waals surface area contributed by atoms with Gasteiger partial charge in [-0.05, 0) is 43.3 Å². The molecule has 7 heteroatoms. The van der Waals surface area contributed by atoms with E-state index in [1.807, 2.05) is 44.3 Å². The summed E-state index contributed by atoms with van der Waals surface area (Å²) in [4.78, 5) is 16.3. The molecule has 3 rings (SSSR count). The number of primary amides is 1. The van der Waals surface area contributed by atoms with E-state index in [9.17, 15) is 4.79 Å². The van der Waals surface area contributed by atoms with Crippen molar-refractivity contribution in [3.63, 3.8) is 0 Å². The molecular weight excluding hydrogens is 368 g/mol. The molecule has 7 nitrogen and oxygen atoms in total. The lowest BCUT2D eigenvalue weighted by molar-refractivity contribution is 0.100. The first-order valence-electron chi connectivity index (χ1n) is 9.31.